The Morgan fingerprint density at radius 1 is 1.30 bits per heavy atom. The van der Waals surface area contributed by atoms with Gasteiger partial charge in [-0.1, -0.05) is 6.07 Å². The number of carboxylic acid groups (broad SMARTS) is 1. The molecule has 2 heterocycles. The van der Waals surface area contributed by atoms with Crippen LogP contribution in [0, 0.1) is 11.1 Å². The summed E-state index contributed by atoms with van der Waals surface area (Å²) in [6.07, 6.45) is 1.83. The summed E-state index contributed by atoms with van der Waals surface area (Å²) in [5, 5.41) is 31.7. The number of methoxy groups -OCH3 is 1. The highest BCUT2D eigenvalue weighted by atomic mass is 19.4. The molecule has 33 heavy (non-hydrogen) atoms. The van der Waals surface area contributed by atoms with Gasteiger partial charge >= 0.3 is 12.1 Å². The van der Waals surface area contributed by atoms with Crippen LogP contribution in [0.3, 0.4) is 0 Å². The summed E-state index contributed by atoms with van der Waals surface area (Å²) in [5.74, 6) is -1.25. The highest BCUT2D eigenvalue weighted by Crippen LogP contribution is 2.67. The molecule has 6 rings (SSSR count). The van der Waals surface area contributed by atoms with Gasteiger partial charge in [-0.25, -0.2) is 4.79 Å². The standard InChI is InChI=1S/C21H27NO4.C2HF3O2/c1-25-21-8-2-3-17-20(21)9-10-22(24,12-13-4-5-13)16(21)11-14-6-7-15(23)19(26-17)18(14)20;3-2(4,5)1(6)7/h6-7,13,16-17,23H,2-5,8-12H2,1H3;(H,6,7)/t16-,17+,20-,21-,22?;/m1./s1. The lowest BCUT2D eigenvalue weighted by Gasteiger charge is -2.68. The van der Waals surface area contributed by atoms with E-state index in [2.05, 4.69) is 0 Å². The Morgan fingerprint density at radius 2 is 2.00 bits per heavy atom. The number of benzene rings is 1. The van der Waals surface area contributed by atoms with Crippen molar-refractivity contribution in [1.29, 1.82) is 0 Å². The summed E-state index contributed by atoms with van der Waals surface area (Å²) in [5.41, 5.74) is 1.64. The molecule has 2 aliphatic heterocycles. The number of ether oxygens (including phenoxy) is 2. The average Bonchev–Trinajstić information content (AvgIpc) is 3.49. The maximum Gasteiger partial charge on any atom is 0.490 e. The van der Waals surface area contributed by atoms with Crippen molar-refractivity contribution in [3.8, 4) is 11.5 Å². The second kappa shape index (κ2) is 7.23. The number of carbonyl (C=O) groups is 1. The predicted molar refractivity (Wildman–Crippen MR) is 110 cm³/mol. The van der Waals surface area contributed by atoms with E-state index in [0.717, 1.165) is 44.2 Å². The van der Waals surface area contributed by atoms with Crippen molar-refractivity contribution in [3.05, 3.63) is 28.5 Å². The van der Waals surface area contributed by atoms with Crippen LogP contribution in [-0.4, -0.2) is 65.0 Å². The molecular weight excluding hydrogens is 443 g/mol. The number of hydroxylamine groups is 3. The Labute approximate surface area is 189 Å². The largest absolute Gasteiger partial charge is 0.632 e. The monoisotopic (exact) mass is 471 g/mol. The van der Waals surface area contributed by atoms with Gasteiger partial charge in [0.05, 0.1) is 18.5 Å². The Morgan fingerprint density at radius 3 is 2.61 bits per heavy atom. The van der Waals surface area contributed by atoms with Crippen LogP contribution >= 0.6 is 0 Å². The van der Waals surface area contributed by atoms with Gasteiger partial charge in [0.25, 0.3) is 0 Å². The number of nitrogens with zero attached hydrogens (tertiary/aromatic N) is 1. The van der Waals surface area contributed by atoms with Crippen molar-refractivity contribution >= 4 is 5.97 Å². The third kappa shape index (κ3) is 3.10. The summed E-state index contributed by atoms with van der Waals surface area (Å²) in [6, 6.07) is 3.71. The zero-order valence-corrected chi connectivity index (χ0v) is 18.4. The van der Waals surface area contributed by atoms with Gasteiger partial charge in [-0.2, -0.15) is 13.2 Å². The number of hydrogen-bond donors (Lipinski definition) is 2. The van der Waals surface area contributed by atoms with Crippen LogP contribution in [-0.2, 0) is 21.4 Å². The Hall–Kier alpha value is -2.04. The number of aliphatic carboxylic acids is 1. The summed E-state index contributed by atoms with van der Waals surface area (Å²) in [6.45, 7) is 1.40. The van der Waals surface area contributed by atoms with Gasteiger partial charge in [-0.3, -0.25) is 0 Å². The molecule has 2 bridgehead atoms. The molecule has 5 atom stereocenters. The first kappa shape index (κ1) is 22.7. The van der Waals surface area contributed by atoms with Crippen LogP contribution in [0.25, 0.3) is 0 Å². The molecule has 5 aliphatic rings. The second-order valence-corrected chi connectivity index (χ2v) is 10.1. The van der Waals surface area contributed by atoms with Crippen molar-refractivity contribution in [3.63, 3.8) is 0 Å². The third-order valence-corrected chi connectivity index (χ3v) is 8.52. The maximum atomic E-state index is 14.1. The molecule has 3 fully saturated rings. The fourth-order valence-corrected chi connectivity index (χ4v) is 7.14. The van der Waals surface area contributed by atoms with E-state index in [0.29, 0.717) is 18.2 Å². The van der Waals surface area contributed by atoms with Crippen molar-refractivity contribution in [2.24, 2.45) is 5.92 Å². The van der Waals surface area contributed by atoms with E-state index in [1.807, 2.05) is 6.07 Å². The molecule has 10 heteroatoms. The van der Waals surface area contributed by atoms with E-state index in [1.165, 1.54) is 18.4 Å². The first-order chi connectivity index (χ1) is 15.5. The van der Waals surface area contributed by atoms with E-state index in [-0.39, 0.29) is 28.0 Å². The van der Waals surface area contributed by atoms with Crippen molar-refractivity contribution in [2.75, 3.05) is 20.2 Å². The zero-order valence-electron chi connectivity index (χ0n) is 18.4. The molecule has 0 amide bonds. The van der Waals surface area contributed by atoms with Crippen LogP contribution in [0.2, 0.25) is 0 Å². The minimum atomic E-state index is -5.08. The van der Waals surface area contributed by atoms with Crippen LogP contribution in [0.15, 0.2) is 12.1 Å². The quantitative estimate of drug-likeness (QED) is 0.516. The first-order valence-corrected chi connectivity index (χ1v) is 11.4. The Kier molecular flexibility index (Phi) is 4.98. The van der Waals surface area contributed by atoms with Crippen LogP contribution in [0.4, 0.5) is 13.2 Å². The number of piperidine rings is 1. The summed E-state index contributed by atoms with van der Waals surface area (Å²) < 4.78 is 44.4. The average molecular weight is 471 g/mol. The number of likely N-dealkylation sites (tertiary alicyclic amines) is 1. The number of halogens is 3. The molecular formula is C23H28F3NO6. The molecule has 1 unspecified atom stereocenters. The number of phenolic OH excluding ortho intramolecular Hbond substituents is 1. The molecule has 2 saturated carbocycles. The van der Waals surface area contributed by atoms with E-state index in [4.69, 9.17) is 19.4 Å². The van der Waals surface area contributed by atoms with Crippen molar-refractivity contribution < 1.29 is 42.3 Å². The minimum Gasteiger partial charge on any atom is -0.632 e. The van der Waals surface area contributed by atoms with Gasteiger partial charge in [-0.05, 0) is 43.7 Å². The van der Waals surface area contributed by atoms with Gasteiger partial charge in [-0.15, -0.1) is 0 Å². The van der Waals surface area contributed by atoms with E-state index < -0.39 is 17.7 Å². The number of quaternary nitrogens is 1. The van der Waals surface area contributed by atoms with E-state index in [1.54, 1.807) is 13.2 Å². The highest BCUT2D eigenvalue weighted by Gasteiger charge is 2.75. The van der Waals surface area contributed by atoms with Gasteiger partial charge < -0.3 is 29.5 Å². The maximum absolute atomic E-state index is 14.1. The fraction of sp³-hybridized carbons (Fsp3) is 0.696. The molecule has 1 aromatic carbocycles. The lowest BCUT2D eigenvalue weighted by Crippen LogP contribution is -2.79. The number of phenols is 1. The Balaban J connectivity index is 0.000000287. The fourth-order valence-electron chi connectivity index (χ4n) is 7.14. The molecule has 1 spiro atoms. The number of hydrogen-bond acceptors (Lipinski definition) is 5. The molecule has 2 N–H and O–H groups in total. The zero-order chi connectivity index (χ0) is 23.8. The predicted octanol–water partition coefficient (Wildman–Crippen LogP) is 3.65. The van der Waals surface area contributed by atoms with Gasteiger partial charge in [0, 0.05) is 31.4 Å². The number of carboxylic acids is 1. The van der Waals surface area contributed by atoms with Crippen molar-refractivity contribution in [1.82, 2.24) is 0 Å². The van der Waals surface area contributed by atoms with Crippen LogP contribution in [0.1, 0.15) is 49.7 Å². The van der Waals surface area contributed by atoms with Crippen molar-refractivity contribution in [2.45, 2.75) is 74.3 Å². The summed E-state index contributed by atoms with van der Waals surface area (Å²) in [7, 11) is 1.80. The second-order valence-electron chi connectivity index (χ2n) is 10.1. The Bertz CT molecular complexity index is 982. The lowest BCUT2D eigenvalue weighted by atomic mass is 9.49. The first-order valence-electron chi connectivity index (χ1n) is 11.4. The normalized spacial score (nSPS) is 38.0. The number of aromatic hydroxyl groups is 1. The van der Waals surface area contributed by atoms with Gasteiger partial charge in [0.1, 0.15) is 17.7 Å². The SMILES string of the molecule is CO[C@@]12CCC[C@@H]3Oc4c(O)ccc5c4[C@@]31CC[N+]([O-])(CC1CC1)[C@@H]2C5.O=C(O)C(F)(F)F. The van der Waals surface area contributed by atoms with Crippen LogP contribution < -0.4 is 4.74 Å². The molecule has 1 saturated heterocycles. The highest BCUT2D eigenvalue weighted by molar-refractivity contribution is 5.73. The summed E-state index contributed by atoms with van der Waals surface area (Å²) in [4.78, 5) is 8.90. The van der Waals surface area contributed by atoms with E-state index in [9.17, 15) is 23.5 Å². The summed E-state index contributed by atoms with van der Waals surface area (Å²) >= 11 is 0. The van der Waals surface area contributed by atoms with E-state index >= 15 is 0 Å². The smallest absolute Gasteiger partial charge is 0.490 e. The third-order valence-electron chi connectivity index (χ3n) is 8.52. The number of rotatable bonds is 3. The topological polar surface area (TPSA) is 99.0 Å². The number of alkyl halides is 3. The lowest BCUT2D eigenvalue weighted by molar-refractivity contribution is -0.924. The van der Waals surface area contributed by atoms with Gasteiger partial charge in [0.15, 0.2) is 11.5 Å². The van der Waals surface area contributed by atoms with Gasteiger partial charge in [0.2, 0.25) is 0 Å². The molecule has 0 radical (unpaired) electrons. The molecule has 7 nitrogen and oxygen atoms in total. The minimum absolute atomic E-state index is 0.0238. The van der Waals surface area contributed by atoms with Crippen LogP contribution in [0.5, 0.6) is 11.5 Å². The molecule has 0 aromatic heterocycles. The molecule has 182 valence electrons. The molecule has 3 aliphatic carbocycles. The molecule has 1 aromatic rings.